The van der Waals surface area contributed by atoms with Crippen LogP contribution in [0.3, 0.4) is 0 Å². The second-order valence-electron chi connectivity index (χ2n) is 5.23. The monoisotopic (exact) mass is 315 g/mol. The molecule has 0 aromatic carbocycles. The summed E-state index contributed by atoms with van der Waals surface area (Å²) in [7, 11) is 2.09. The number of aliphatic carboxylic acids is 2. The van der Waals surface area contributed by atoms with Gasteiger partial charge >= 0.3 is 11.9 Å². The number of carbonyl (C=O) groups excluding carboxylic acids is 2. The van der Waals surface area contributed by atoms with Crippen molar-refractivity contribution in [3.8, 4) is 0 Å². The predicted octanol–water partition coefficient (Wildman–Crippen LogP) is -1.46. The van der Waals surface area contributed by atoms with E-state index in [4.69, 9.17) is 19.8 Å². The average molecular weight is 315 g/mol. The molecule has 2 rings (SSSR count). The van der Waals surface area contributed by atoms with Crippen molar-refractivity contribution in [1.29, 1.82) is 0 Å². The number of likely N-dealkylation sites (tertiary alicyclic amines) is 1. The number of amides is 2. The zero-order valence-corrected chi connectivity index (χ0v) is 12.5. The first-order valence-electron chi connectivity index (χ1n) is 7.01. The highest BCUT2D eigenvalue weighted by Gasteiger charge is 2.28. The van der Waals surface area contributed by atoms with E-state index in [1.807, 2.05) is 0 Å². The zero-order valence-electron chi connectivity index (χ0n) is 12.5. The van der Waals surface area contributed by atoms with Gasteiger partial charge in [-0.2, -0.15) is 0 Å². The van der Waals surface area contributed by atoms with Crippen LogP contribution >= 0.6 is 0 Å². The summed E-state index contributed by atoms with van der Waals surface area (Å²) in [5.41, 5.74) is 0. The van der Waals surface area contributed by atoms with Crippen LogP contribution in [0.1, 0.15) is 12.8 Å². The Morgan fingerprint density at radius 1 is 1.00 bits per heavy atom. The van der Waals surface area contributed by atoms with Crippen molar-refractivity contribution in [2.75, 3.05) is 46.3 Å². The first-order chi connectivity index (χ1) is 10.3. The predicted molar refractivity (Wildman–Crippen MR) is 75.2 cm³/mol. The molecular formula is C13H21N3O6. The van der Waals surface area contributed by atoms with Gasteiger partial charge in [0.15, 0.2) is 0 Å². The van der Waals surface area contributed by atoms with Crippen molar-refractivity contribution >= 4 is 23.8 Å². The Morgan fingerprint density at radius 2 is 1.55 bits per heavy atom. The summed E-state index contributed by atoms with van der Waals surface area (Å²) in [5.74, 6) is -3.67. The van der Waals surface area contributed by atoms with Crippen molar-refractivity contribution in [3.63, 3.8) is 0 Å². The van der Waals surface area contributed by atoms with E-state index >= 15 is 0 Å². The number of carbonyl (C=O) groups is 4. The maximum atomic E-state index is 11.9. The van der Waals surface area contributed by atoms with Gasteiger partial charge in [-0.1, -0.05) is 0 Å². The van der Waals surface area contributed by atoms with E-state index in [1.54, 1.807) is 0 Å². The average Bonchev–Trinajstić information content (AvgIpc) is 2.88. The van der Waals surface area contributed by atoms with Crippen LogP contribution in [0.25, 0.3) is 0 Å². The van der Waals surface area contributed by atoms with Gasteiger partial charge < -0.3 is 15.1 Å². The van der Waals surface area contributed by atoms with Gasteiger partial charge in [0.25, 0.3) is 0 Å². The minimum Gasteiger partial charge on any atom is -0.473 e. The highest BCUT2D eigenvalue weighted by atomic mass is 16.4. The summed E-state index contributed by atoms with van der Waals surface area (Å²) in [6, 6.07) is 0. The third-order valence-electron chi connectivity index (χ3n) is 3.51. The molecule has 0 radical (unpaired) electrons. The number of nitrogens with zero attached hydrogens (tertiary/aromatic N) is 3. The molecule has 2 N–H and O–H groups in total. The van der Waals surface area contributed by atoms with E-state index in [2.05, 4.69) is 16.8 Å². The molecule has 2 heterocycles. The summed E-state index contributed by atoms with van der Waals surface area (Å²) in [6.45, 7) is 4.86. The Hall–Kier alpha value is -2.00. The lowest BCUT2D eigenvalue weighted by Crippen LogP contribution is -2.49. The number of hydrogen-bond donors (Lipinski definition) is 2. The molecule has 0 saturated carbocycles. The van der Waals surface area contributed by atoms with E-state index in [1.165, 1.54) is 4.90 Å². The van der Waals surface area contributed by atoms with Crippen LogP contribution in [0.4, 0.5) is 0 Å². The largest absolute Gasteiger partial charge is 0.473 e. The first-order valence-corrected chi connectivity index (χ1v) is 7.01. The van der Waals surface area contributed by atoms with Gasteiger partial charge in [-0.05, 0) is 13.5 Å². The summed E-state index contributed by atoms with van der Waals surface area (Å²) in [5, 5.41) is 14.8. The molecule has 2 amide bonds. The minimum atomic E-state index is -1.82. The Morgan fingerprint density at radius 3 is 1.95 bits per heavy atom. The summed E-state index contributed by atoms with van der Waals surface area (Å²) in [6.07, 6.45) is 1.36. The Labute approximate surface area is 128 Å². The number of rotatable bonds is 2. The van der Waals surface area contributed by atoms with Gasteiger partial charge in [-0.25, -0.2) is 9.59 Å². The van der Waals surface area contributed by atoms with Crippen LogP contribution in [0.5, 0.6) is 0 Å². The minimum absolute atomic E-state index is 0.000808. The van der Waals surface area contributed by atoms with Crippen LogP contribution in [0.15, 0.2) is 0 Å². The number of carboxylic acid groups (broad SMARTS) is 2. The number of imide groups is 1. The molecule has 0 bridgehead atoms. The Bertz CT molecular complexity index is 433. The van der Waals surface area contributed by atoms with Crippen LogP contribution in [0, 0.1) is 0 Å². The molecule has 124 valence electrons. The third-order valence-corrected chi connectivity index (χ3v) is 3.51. The standard InChI is InChI=1S/C11H19N3O2.C2H2O4/c1-12-5-7-13(8-6-12)9-11(16)14-4-2-3-10(14)15;3-1(4)2(5)6/h2-9H2,1H3;(H,3,4)(H,5,6). The van der Waals surface area contributed by atoms with E-state index < -0.39 is 11.9 Å². The van der Waals surface area contributed by atoms with Gasteiger partial charge in [0.2, 0.25) is 11.8 Å². The van der Waals surface area contributed by atoms with Crippen LogP contribution < -0.4 is 0 Å². The molecule has 9 heteroatoms. The Kier molecular flexibility index (Phi) is 6.93. The van der Waals surface area contributed by atoms with Gasteiger partial charge in [0, 0.05) is 39.1 Å². The highest BCUT2D eigenvalue weighted by molar-refractivity contribution is 6.27. The number of carboxylic acids is 2. The van der Waals surface area contributed by atoms with Gasteiger partial charge in [-0.15, -0.1) is 0 Å². The fraction of sp³-hybridized carbons (Fsp3) is 0.692. The van der Waals surface area contributed by atoms with E-state index in [-0.39, 0.29) is 11.8 Å². The lowest BCUT2D eigenvalue weighted by molar-refractivity contribution is -0.159. The summed E-state index contributed by atoms with van der Waals surface area (Å²) < 4.78 is 0. The van der Waals surface area contributed by atoms with Crippen LogP contribution in [0.2, 0.25) is 0 Å². The zero-order chi connectivity index (χ0) is 16.7. The van der Waals surface area contributed by atoms with Gasteiger partial charge in [0.05, 0.1) is 6.54 Å². The maximum absolute atomic E-state index is 11.9. The third kappa shape index (κ3) is 5.78. The fourth-order valence-corrected chi connectivity index (χ4v) is 2.19. The molecule has 0 unspecified atom stereocenters. The first kappa shape index (κ1) is 18.1. The fourth-order valence-electron chi connectivity index (χ4n) is 2.19. The van der Waals surface area contributed by atoms with Crippen molar-refractivity contribution in [1.82, 2.24) is 14.7 Å². The molecule has 0 atom stereocenters. The van der Waals surface area contributed by atoms with E-state index in [0.717, 1.165) is 32.6 Å². The molecule has 0 aliphatic carbocycles. The molecule has 2 aliphatic rings. The van der Waals surface area contributed by atoms with Gasteiger partial charge in [0.1, 0.15) is 0 Å². The second kappa shape index (κ2) is 8.44. The molecular weight excluding hydrogens is 294 g/mol. The van der Waals surface area contributed by atoms with E-state index in [9.17, 15) is 9.59 Å². The molecule has 2 saturated heterocycles. The van der Waals surface area contributed by atoms with Crippen molar-refractivity contribution in [2.24, 2.45) is 0 Å². The summed E-state index contributed by atoms with van der Waals surface area (Å²) >= 11 is 0. The quantitative estimate of drug-likeness (QED) is 0.593. The normalized spacial score (nSPS) is 19.5. The molecule has 2 fully saturated rings. The van der Waals surface area contributed by atoms with Crippen LogP contribution in [-0.2, 0) is 19.2 Å². The molecule has 0 aromatic heterocycles. The van der Waals surface area contributed by atoms with Gasteiger partial charge in [-0.3, -0.25) is 19.4 Å². The summed E-state index contributed by atoms with van der Waals surface area (Å²) in [4.78, 5) is 47.2. The molecule has 22 heavy (non-hydrogen) atoms. The number of piperazine rings is 1. The lowest BCUT2D eigenvalue weighted by Gasteiger charge is -2.32. The van der Waals surface area contributed by atoms with E-state index in [0.29, 0.717) is 19.5 Å². The second-order valence-corrected chi connectivity index (χ2v) is 5.23. The molecule has 0 spiro atoms. The SMILES string of the molecule is CN1CCN(CC(=O)N2CCCC2=O)CC1.O=C(O)C(=O)O. The number of hydrogen-bond acceptors (Lipinski definition) is 6. The smallest absolute Gasteiger partial charge is 0.414 e. The Balaban J connectivity index is 0.000000346. The molecule has 2 aliphatic heterocycles. The number of likely N-dealkylation sites (N-methyl/N-ethyl adjacent to an activating group) is 1. The topological polar surface area (TPSA) is 118 Å². The van der Waals surface area contributed by atoms with Crippen molar-refractivity contribution in [3.05, 3.63) is 0 Å². The lowest BCUT2D eigenvalue weighted by atomic mass is 10.3. The van der Waals surface area contributed by atoms with Crippen molar-refractivity contribution in [2.45, 2.75) is 12.8 Å². The van der Waals surface area contributed by atoms with Crippen molar-refractivity contribution < 1.29 is 29.4 Å². The van der Waals surface area contributed by atoms with Crippen LogP contribution in [-0.4, -0.2) is 95.0 Å². The molecule has 0 aromatic rings. The highest BCUT2D eigenvalue weighted by Crippen LogP contribution is 2.10. The maximum Gasteiger partial charge on any atom is 0.414 e. The molecule has 9 nitrogen and oxygen atoms in total.